The van der Waals surface area contributed by atoms with Crippen LogP contribution in [0.25, 0.3) is 0 Å². The van der Waals surface area contributed by atoms with Crippen LogP contribution < -0.4 is 0 Å². The van der Waals surface area contributed by atoms with Crippen molar-refractivity contribution in [3.8, 4) is 0 Å². The van der Waals surface area contributed by atoms with Crippen LogP contribution in [0.2, 0.25) is 0 Å². The SMILES string of the molecule is CCC(COC(CCCOC(=O)O)CCOC)OC. The van der Waals surface area contributed by atoms with Crippen LogP contribution in [0.3, 0.4) is 0 Å². The first-order chi connectivity index (χ1) is 9.13. The summed E-state index contributed by atoms with van der Waals surface area (Å²) in [5, 5.41) is 8.37. The van der Waals surface area contributed by atoms with E-state index in [1.807, 2.05) is 6.92 Å². The van der Waals surface area contributed by atoms with Gasteiger partial charge in [-0.25, -0.2) is 4.79 Å². The lowest BCUT2D eigenvalue weighted by atomic mass is 10.1. The van der Waals surface area contributed by atoms with Crippen molar-refractivity contribution in [3.63, 3.8) is 0 Å². The summed E-state index contributed by atoms with van der Waals surface area (Å²) in [5.41, 5.74) is 0. The van der Waals surface area contributed by atoms with Crippen molar-refractivity contribution < 1.29 is 28.8 Å². The van der Waals surface area contributed by atoms with Gasteiger partial charge < -0.3 is 24.1 Å². The fraction of sp³-hybridized carbons (Fsp3) is 0.923. The van der Waals surface area contributed by atoms with Gasteiger partial charge in [-0.15, -0.1) is 0 Å². The van der Waals surface area contributed by atoms with E-state index in [0.717, 1.165) is 19.3 Å². The Morgan fingerprint density at radius 1 is 1.16 bits per heavy atom. The lowest BCUT2D eigenvalue weighted by Gasteiger charge is -2.21. The van der Waals surface area contributed by atoms with Crippen molar-refractivity contribution in [1.82, 2.24) is 0 Å². The minimum absolute atomic E-state index is 0.0431. The minimum atomic E-state index is -1.24. The van der Waals surface area contributed by atoms with Gasteiger partial charge in [-0.05, 0) is 25.7 Å². The summed E-state index contributed by atoms with van der Waals surface area (Å²) in [6, 6.07) is 0. The fourth-order valence-corrected chi connectivity index (χ4v) is 1.63. The third-order valence-corrected chi connectivity index (χ3v) is 2.85. The Bertz CT molecular complexity index is 217. The van der Waals surface area contributed by atoms with E-state index >= 15 is 0 Å². The fourth-order valence-electron chi connectivity index (χ4n) is 1.63. The van der Waals surface area contributed by atoms with Crippen LogP contribution in [0.15, 0.2) is 0 Å². The van der Waals surface area contributed by atoms with Crippen molar-refractivity contribution in [1.29, 1.82) is 0 Å². The molecule has 0 heterocycles. The predicted molar refractivity (Wildman–Crippen MR) is 70.5 cm³/mol. The maximum absolute atomic E-state index is 10.2. The number of hydrogen-bond acceptors (Lipinski definition) is 5. The van der Waals surface area contributed by atoms with Crippen molar-refractivity contribution in [3.05, 3.63) is 0 Å². The first kappa shape index (κ1) is 18.1. The molecule has 0 fully saturated rings. The van der Waals surface area contributed by atoms with Gasteiger partial charge in [-0.1, -0.05) is 6.92 Å². The van der Waals surface area contributed by atoms with E-state index in [2.05, 4.69) is 4.74 Å². The molecule has 114 valence electrons. The predicted octanol–water partition coefficient (Wildman–Crippen LogP) is 2.31. The van der Waals surface area contributed by atoms with Gasteiger partial charge in [0.25, 0.3) is 0 Å². The van der Waals surface area contributed by atoms with E-state index in [-0.39, 0.29) is 18.8 Å². The molecule has 0 aliphatic rings. The number of rotatable bonds is 12. The van der Waals surface area contributed by atoms with Crippen LogP contribution in [0.4, 0.5) is 4.79 Å². The molecule has 0 bridgehead atoms. The summed E-state index contributed by atoms with van der Waals surface area (Å²) < 4.78 is 20.5. The van der Waals surface area contributed by atoms with E-state index in [1.54, 1.807) is 14.2 Å². The molecule has 0 rings (SSSR count). The highest BCUT2D eigenvalue weighted by atomic mass is 16.7. The number of carboxylic acid groups (broad SMARTS) is 1. The zero-order valence-electron chi connectivity index (χ0n) is 12.1. The Kier molecular flexibility index (Phi) is 11.7. The molecular weight excluding hydrogens is 252 g/mol. The molecule has 0 saturated carbocycles. The first-order valence-electron chi connectivity index (χ1n) is 6.63. The molecule has 0 aliphatic carbocycles. The van der Waals surface area contributed by atoms with Crippen LogP contribution in [0, 0.1) is 0 Å². The Morgan fingerprint density at radius 3 is 2.42 bits per heavy atom. The third-order valence-electron chi connectivity index (χ3n) is 2.85. The van der Waals surface area contributed by atoms with E-state index in [9.17, 15) is 4.79 Å². The highest BCUT2D eigenvalue weighted by Gasteiger charge is 2.13. The Labute approximate surface area is 115 Å². The highest BCUT2D eigenvalue weighted by Crippen LogP contribution is 2.10. The number of hydrogen-bond donors (Lipinski definition) is 1. The smallest absolute Gasteiger partial charge is 0.450 e. The maximum atomic E-state index is 10.2. The monoisotopic (exact) mass is 278 g/mol. The molecular formula is C13H26O6. The minimum Gasteiger partial charge on any atom is -0.450 e. The average Bonchev–Trinajstić information content (AvgIpc) is 2.40. The molecule has 2 atom stereocenters. The van der Waals surface area contributed by atoms with Crippen molar-refractivity contribution >= 4 is 6.16 Å². The molecule has 0 amide bonds. The lowest BCUT2D eigenvalue weighted by Crippen LogP contribution is -2.24. The second-order valence-electron chi connectivity index (χ2n) is 4.26. The molecule has 0 radical (unpaired) electrons. The summed E-state index contributed by atoms with van der Waals surface area (Å²) in [6.45, 7) is 3.40. The van der Waals surface area contributed by atoms with Gasteiger partial charge in [0.2, 0.25) is 0 Å². The molecule has 6 nitrogen and oxygen atoms in total. The quantitative estimate of drug-likeness (QED) is 0.436. The van der Waals surface area contributed by atoms with Crippen LogP contribution in [-0.4, -0.2) is 57.5 Å². The molecule has 6 heteroatoms. The molecule has 0 aromatic carbocycles. The normalized spacial score (nSPS) is 14.1. The third kappa shape index (κ3) is 10.7. The van der Waals surface area contributed by atoms with Gasteiger partial charge in [-0.2, -0.15) is 0 Å². The Balaban J connectivity index is 3.89. The molecule has 1 N–H and O–H groups in total. The topological polar surface area (TPSA) is 74.2 Å². The Hall–Kier alpha value is -0.850. The zero-order chi connectivity index (χ0) is 14.5. The number of ether oxygens (including phenoxy) is 4. The highest BCUT2D eigenvalue weighted by molar-refractivity contribution is 5.56. The average molecular weight is 278 g/mol. The van der Waals surface area contributed by atoms with Crippen LogP contribution in [0.1, 0.15) is 32.6 Å². The molecule has 0 aromatic heterocycles. The summed E-state index contributed by atoms with van der Waals surface area (Å²) in [4.78, 5) is 10.2. The lowest BCUT2D eigenvalue weighted by molar-refractivity contribution is -0.0416. The molecule has 2 unspecified atom stereocenters. The van der Waals surface area contributed by atoms with Gasteiger partial charge in [-0.3, -0.25) is 0 Å². The van der Waals surface area contributed by atoms with Gasteiger partial charge in [0.1, 0.15) is 0 Å². The first-order valence-corrected chi connectivity index (χ1v) is 6.63. The molecule has 0 aliphatic heterocycles. The second kappa shape index (κ2) is 12.2. The maximum Gasteiger partial charge on any atom is 0.505 e. The summed E-state index contributed by atoms with van der Waals surface area (Å²) in [5.74, 6) is 0. The summed E-state index contributed by atoms with van der Waals surface area (Å²) in [7, 11) is 3.32. The van der Waals surface area contributed by atoms with Crippen LogP contribution in [-0.2, 0) is 18.9 Å². The van der Waals surface area contributed by atoms with Crippen molar-refractivity contribution in [2.24, 2.45) is 0 Å². The van der Waals surface area contributed by atoms with Crippen LogP contribution in [0.5, 0.6) is 0 Å². The van der Waals surface area contributed by atoms with E-state index in [0.29, 0.717) is 19.6 Å². The van der Waals surface area contributed by atoms with Crippen molar-refractivity contribution in [2.75, 3.05) is 34.0 Å². The second-order valence-corrected chi connectivity index (χ2v) is 4.26. The standard InChI is InChI=1S/C13H26O6/c1-4-11(17-3)10-19-12(7-9-16-2)6-5-8-18-13(14)15/h11-12H,4-10H2,1-3H3,(H,14,15). The van der Waals surface area contributed by atoms with Gasteiger partial charge in [0.15, 0.2) is 0 Å². The molecule has 0 aromatic rings. The van der Waals surface area contributed by atoms with Crippen molar-refractivity contribution in [2.45, 2.75) is 44.8 Å². The summed E-state index contributed by atoms with van der Waals surface area (Å²) >= 11 is 0. The summed E-state index contributed by atoms with van der Waals surface area (Å²) in [6.07, 6.45) is 1.97. The number of methoxy groups -OCH3 is 2. The van der Waals surface area contributed by atoms with Gasteiger partial charge in [0.05, 0.1) is 25.4 Å². The largest absolute Gasteiger partial charge is 0.505 e. The Morgan fingerprint density at radius 2 is 1.89 bits per heavy atom. The molecule has 0 spiro atoms. The molecule has 19 heavy (non-hydrogen) atoms. The molecule has 0 saturated heterocycles. The van der Waals surface area contributed by atoms with Crippen LogP contribution >= 0.6 is 0 Å². The number of carbonyl (C=O) groups is 1. The zero-order valence-corrected chi connectivity index (χ0v) is 12.1. The van der Waals surface area contributed by atoms with E-state index < -0.39 is 6.16 Å². The van der Waals surface area contributed by atoms with Gasteiger partial charge >= 0.3 is 6.16 Å². The van der Waals surface area contributed by atoms with E-state index in [4.69, 9.17) is 19.3 Å². The van der Waals surface area contributed by atoms with E-state index in [1.165, 1.54) is 0 Å². The van der Waals surface area contributed by atoms with Gasteiger partial charge in [0, 0.05) is 20.8 Å².